The van der Waals surface area contributed by atoms with Crippen molar-refractivity contribution in [3.05, 3.63) is 40.7 Å². The minimum absolute atomic E-state index is 0.0858. The van der Waals surface area contributed by atoms with Crippen molar-refractivity contribution in [1.29, 1.82) is 0 Å². The van der Waals surface area contributed by atoms with Gasteiger partial charge in [0, 0.05) is 12.7 Å². The maximum absolute atomic E-state index is 13.0. The van der Waals surface area contributed by atoms with Gasteiger partial charge in [-0.1, -0.05) is 25.2 Å². The first kappa shape index (κ1) is 15.4. The fourth-order valence-corrected chi connectivity index (χ4v) is 2.93. The molecule has 1 heterocycles. The van der Waals surface area contributed by atoms with Crippen molar-refractivity contribution < 1.29 is 14.3 Å². The molecular formula is C15H17FN2O2S. The molecule has 112 valence electrons. The van der Waals surface area contributed by atoms with E-state index in [1.165, 1.54) is 12.1 Å². The Morgan fingerprint density at radius 2 is 2.05 bits per heavy atom. The molecule has 0 radical (unpaired) electrons. The summed E-state index contributed by atoms with van der Waals surface area (Å²) in [6.45, 7) is 3.96. The fourth-order valence-electron chi connectivity index (χ4n) is 1.92. The molecule has 21 heavy (non-hydrogen) atoms. The predicted octanol–water partition coefficient (Wildman–Crippen LogP) is 4.26. The summed E-state index contributed by atoms with van der Waals surface area (Å²) in [4.78, 5) is 17.9. The van der Waals surface area contributed by atoms with Gasteiger partial charge in [-0.25, -0.2) is 14.2 Å². The third-order valence-corrected chi connectivity index (χ3v) is 4.55. The maximum Gasteiger partial charge on any atom is 0.347 e. The third kappa shape index (κ3) is 3.21. The predicted molar refractivity (Wildman–Crippen MR) is 82.2 cm³/mol. The second-order valence-electron chi connectivity index (χ2n) is 4.86. The van der Waals surface area contributed by atoms with Crippen molar-refractivity contribution >= 4 is 28.1 Å². The molecule has 1 atom stereocenters. The van der Waals surface area contributed by atoms with Crippen LogP contribution in [0.3, 0.4) is 0 Å². The quantitative estimate of drug-likeness (QED) is 0.896. The summed E-state index contributed by atoms with van der Waals surface area (Å²) < 4.78 is 13.0. The monoisotopic (exact) mass is 308 g/mol. The number of carboxylic acid groups (broad SMARTS) is 1. The van der Waals surface area contributed by atoms with Crippen LogP contribution in [0.15, 0.2) is 24.3 Å². The van der Waals surface area contributed by atoms with Crippen LogP contribution in [0.2, 0.25) is 0 Å². The van der Waals surface area contributed by atoms with Gasteiger partial charge in [-0.15, -0.1) is 0 Å². The molecule has 0 fully saturated rings. The number of aromatic nitrogens is 1. The molecule has 2 aromatic rings. The van der Waals surface area contributed by atoms with E-state index in [-0.39, 0.29) is 16.6 Å². The van der Waals surface area contributed by atoms with Crippen LogP contribution in [0.1, 0.15) is 41.6 Å². The van der Waals surface area contributed by atoms with Crippen molar-refractivity contribution in [3.8, 4) is 0 Å². The molecule has 2 rings (SSSR count). The molecule has 0 aliphatic heterocycles. The lowest BCUT2D eigenvalue weighted by Gasteiger charge is -2.15. The van der Waals surface area contributed by atoms with Crippen molar-refractivity contribution in [2.24, 2.45) is 0 Å². The van der Waals surface area contributed by atoms with E-state index in [1.807, 2.05) is 13.8 Å². The van der Waals surface area contributed by atoms with Gasteiger partial charge in [0.2, 0.25) is 0 Å². The normalized spacial score (nSPS) is 12.2. The molecule has 0 saturated carbocycles. The first-order valence-electron chi connectivity index (χ1n) is 6.67. The van der Waals surface area contributed by atoms with E-state index in [2.05, 4.69) is 4.98 Å². The SMILES string of the molecule is CCC(C)c1nc(N(C)c2ccc(F)cc2)sc1C(=O)O. The van der Waals surface area contributed by atoms with Crippen molar-refractivity contribution in [3.63, 3.8) is 0 Å². The second-order valence-corrected chi connectivity index (χ2v) is 5.84. The Bertz CT molecular complexity index is 640. The Kier molecular flexibility index (Phi) is 4.57. The van der Waals surface area contributed by atoms with Gasteiger partial charge in [-0.2, -0.15) is 0 Å². The van der Waals surface area contributed by atoms with Crippen molar-refractivity contribution in [1.82, 2.24) is 4.98 Å². The number of anilines is 2. The highest BCUT2D eigenvalue weighted by Crippen LogP contribution is 2.34. The number of halogens is 1. The lowest BCUT2D eigenvalue weighted by molar-refractivity contribution is 0.0700. The maximum atomic E-state index is 13.0. The number of nitrogens with zero attached hydrogens (tertiary/aromatic N) is 2. The molecule has 6 heteroatoms. The lowest BCUT2D eigenvalue weighted by atomic mass is 10.0. The summed E-state index contributed by atoms with van der Waals surface area (Å²) >= 11 is 1.14. The first-order chi connectivity index (χ1) is 9.93. The minimum Gasteiger partial charge on any atom is -0.477 e. The molecule has 0 saturated heterocycles. The molecule has 0 bridgehead atoms. The van der Waals surface area contributed by atoms with Gasteiger partial charge in [0.15, 0.2) is 5.13 Å². The molecule has 0 amide bonds. The summed E-state index contributed by atoms with van der Waals surface area (Å²) in [5.41, 5.74) is 1.37. The van der Waals surface area contributed by atoms with E-state index in [0.717, 1.165) is 23.4 Å². The average molecular weight is 308 g/mol. The van der Waals surface area contributed by atoms with Gasteiger partial charge in [0.05, 0.1) is 5.69 Å². The second kappa shape index (κ2) is 6.22. The number of rotatable bonds is 5. The summed E-state index contributed by atoms with van der Waals surface area (Å²) in [5, 5.41) is 9.91. The van der Waals surface area contributed by atoms with E-state index < -0.39 is 5.97 Å². The highest BCUT2D eigenvalue weighted by Gasteiger charge is 2.22. The number of carboxylic acids is 1. The van der Waals surface area contributed by atoms with Crippen LogP contribution in [-0.4, -0.2) is 23.1 Å². The van der Waals surface area contributed by atoms with Crippen LogP contribution in [0, 0.1) is 5.82 Å². The Morgan fingerprint density at radius 1 is 1.43 bits per heavy atom. The fraction of sp³-hybridized carbons (Fsp3) is 0.333. The molecule has 1 unspecified atom stereocenters. The molecule has 0 spiro atoms. The summed E-state index contributed by atoms with van der Waals surface area (Å²) in [5.74, 6) is -1.18. The molecule has 1 aromatic carbocycles. The van der Waals surface area contributed by atoms with Gasteiger partial charge < -0.3 is 10.0 Å². The number of benzene rings is 1. The van der Waals surface area contributed by atoms with Gasteiger partial charge >= 0.3 is 5.97 Å². The van der Waals surface area contributed by atoms with Crippen LogP contribution in [-0.2, 0) is 0 Å². The molecule has 0 aliphatic carbocycles. The van der Waals surface area contributed by atoms with E-state index >= 15 is 0 Å². The van der Waals surface area contributed by atoms with Crippen molar-refractivity contribution in [2.45, 2.75) is 26.2 Å². The molecule has 0 aliphatic rings. The van der Waals surface area contributed by atoms with Crippen molar-refractivity contribution in [2.75, 3.05) is 11.9 Å². The summed E-state index contributed by atoms with van der Waals surface area (Å²) in [6.07, 6.45) is 0.823. The molecule has 1 aromatic heterocycles. The molecule has 4 nitrogen and oxygen atoms in total. The number of hydrogen-bond acceptors (Lipinski definition) is 4. The zero-order valence-electron chi connectivity index (χ0n) is 12.1. The number of aromatic carboxylic acids is 1. The molecule has 1 N–H and O–H groups in total. The van der Waals surface area contributed by atoms with E-state index in [0.29, 0.717) is 10.8 Å². The lowest BCUT2D eigenvalue weighted by Crippen LogP contribution is -2.09. The number of carbonyl (C=O) groups is 1. The average Bonchev–Trinajstić information content (AvgIpc) is 2.92. The minimum atomic E-state index is -0.957. The zero-order chi connectivity index (χ0) is 15.6. The Labute approximate surface area is 126 Å². The van der Waals surface area contributed by atoms with E-state index in [4.69, 9.17) is 0 Å². The highest BCUT2D eigenvalue weighted by atomic mass is 32.1. The standard InChI is InChI=1S/C15H17FN2O2S/c1-4-9(2)12-13(14(19)20)21-15(17-12)18(3)11-7-5-10(16)6-8-11/h5-9H,4H2,1-3H3,(H,19,20). The largest absolute Gasteiger partial charge is 0.477 e. The first-order valence-corrected chi connectivity index (χ1v) is 7.49. The molecular weight excluding hydrogens is 291 g/mol. The van der Waals surface area contributed by atoms with Crippen LogP contribution < -0.4 is 4.90 Å². The van der Waals surface area contributed by atoms with Crippen LogP contribution >= 0.6 is 11.3 Å². The topological polar surface area (TPSA) is 53.4 Å². The van der Waals surface area contributed by atoms with Crippen LogP contribution in [0.25, 0.3) is 0 Å². The third-order valence-electron chi connectivity index (χ3n) is 3.42. The number of thiazole rings is 1. The Hall–Kier alpha value is -1.95. The van der Waals surface area contributed by atoms with Crippen LogP contribution in [0.5, 0.6) is 0 Å². The van der Waals surface area contributed by atoms with E-state index in [9.17, 15) is 14.3 Å². The van der Waals surface area contributed by atoms with Gasteiger partial charge in [-0.05, 0) is 36.6 Å². The van der Waals surface area contributed by atoms with E-state index in [1.54, 1.807) is 24.1 Å². The smallest absolute Gasteiger partial charge is 0.347 e. The van der Waals surface area contributed by atoms with Crippen LogP contribution in [0.4, 0.5) is 15.2 Å². The van der Waals surface area contributed by atoms with Gasteiger partial charge in [0.1, 0.15) is 10.7 Å². The Morgan fingerprint density at radius 3 is 2.57 bits per heavy atom. The summed E-state index contributed by atoms with van der Waals surface area (Å²) in [6, 6.07) is 6.01. The number of hydrogen-bond donors (Lipinski definition) is 1. The highest BCUT2D eigenvalue weighted by molar-refractivity contribution is 7.17. The van der Waals surface area contributed by atoms with Gasteiger partial charge in [0.25, 0.3) is 0 Å². The Balaban J connectivity index is 2.39. The zero-order valence-corrected chi connectivity index (χ0v) is 12.9. The van der Waals surface area contributed by atoms with Gasteiger partial charge in [-0.3, -0.25) is 0 Å². The summed E-state index contributed by atoms with van der Waals surface area (Å²) in [7, 11) is 1.79.